The first-order valence-electron chi connectivity index (χ1n) is 11.0. The summed E-state index contributed by atoms with van der Waals surface area (Å²) in [6.07, 6.45) is 0.524. The van der Waals surface area contributed by atoms with Gasteiger partial charge >= 0.3 is 0 Å². The van der Waals surface area contributed by atoms with Crippen LogP contribution in [0, 0.1) is 13.8 Å². The Morgan fingerprint density at radius 1 is 1.06 bits per heavy atom. The van der Waals surface area contributed by atoms with Crippen LogP contribution in [0.4, 0.5) is 0 Å². The Morgan fingerprint density at radius 3 is 2.06 bits per heavy atom. The van der Waals surface area contributed by atoms with Gasteiger partial charge < -0.3 is 9.42 Å². The standard InChI is InChI=1S/C25H27N3O5S/c1-17-23(18(2)33-26-17)34(31,32)27-24(30)25(3)14-15-28(25)22(29)16-21(19-10-6-4-7-11-19)20-12-8-5-9-13-20/h4-13,21H,14-16H2,1-3H3,(H,27,30). The number of likely N-dealkylation sites (tertiary alicyclic amines) is 1. The number of amides is 2. The van der Waals surface area contributed by atoms with Crippen LogP contribution in [0.15, 0.2) is 70.1 Å². The fourth-order valence-corrected chi connectivity index (χ4v) is 5.83. The quantitative estimate of drug-likeness (QED) is 0.555. The van der Waals surface area contributed by atoms with Gasteiger partial charge in [-0.05, 0) is 38.3 Å². The molecule has 1 atom stereocenters. The third-order valence-corrected chi connectivity index (χ3v) is 8.03. The summed E-state index contributed by atoms with van der Waals surface area (Å²) in [5.41, 5.74) is 0.892. The fraction of sp³-hybridized carbons (Fsp3) is 0.320. The van der Waals surface area contributed by atoms with E-state index in [-0.39, 0.29) is 34.6 Å². The number of benzene rings is 2. The summed E-state index contributed by atoms with van der Waals surface area (Å²) < 4.78 is 32.7. The van der Waals surface area contributed by atoms with E-state index in [1.165, 1.54) is 18.7 Å². The van der Waals surface area contributed by atoms with Crippen LogP contribution in [-0.4, -0.2) is 42.4 Å². The van der Waals surface area contributed by atoms with Gasteiger partial charge in [0.1, 0.15) is 11.2 Å². The molecule has 1 aromatic heterocycles. The first kappa shape index (κ1) is 23.7. The molecule has 1 fully saturated rings. The largest absolute Gasteiger partial charge is 0.360 e. The molecular formula is C25H27N3O5S. The summed E-state index contributed by atoms with van der Waals surface area (Å²) in [5, 5.41) is 3.65. The minimum atomic E-state index is -4.19. The van der Waals surface area contributed by atoms with Gasteiger partial charge in [0.2, 0.25) is 5.91 Å². The molecule has 9 heteroatoms. The highest BCUT2D eigenvalue weighted by molar-refractivity contribution is 7.90. The highest BCUT2D eigenvalue weighted by atomic mass is 32.2. The molecule has 0 bridgehead atoms. The molecule has 1 aliphatic rings. The molecule has 2 amide bonds. The lowest BCUT2D eigenvalue weighted by atomic mass is 9.83. The molecule has 0 aliphatic carbocycles. The second-order valence-electron chi connectivity index (χ2n) is 8.74. The number of rotatable bonds is 7. The van der Waals surface area contributed by atoms with Crippen molar-refractivity contribution in [2.45, 2.75) is 50.0 Å². The third kappa shape index (κ3) is 4.35. The van der Waals surface area contributed by atoms with Crippen molar-refractivity contribution < 1.29 is 22.5 Å². The fourth-order valence-electron chi connectivity index (χ4n) is 4.42. The second-order valence-corrected chi connectivity index (χ2v) is 10.4. The van der Waals surface area contributed by atoms with Crippen molar-refractivity contribution >= 4 is 21.8 Å². The van der Waals surface area contributed by atoms with E-state index in [9.17, 15) is 18.0 Å². The molecule has 1 N–H and O–H groups in total. The van der Waals surface area contributed by atoms with E-state index in [0.717, 1.165) is 11.1 Å². The molecule has 3 aromatic rings. The monoisotopic (exact) mass is 481 g/mol. The Hall–Kier alpha value is -3.46. The van der Waals surface area contributed by atoms with Gasteiger partial charge in [0.05, 0.1) is 0 Å². The first-order chi connectivity index (χ1) is 16.1. The smallest absolute Gasteiger partial charge is 0.269 e. The number of hydrogen-bond donors (Lipinski definition) is 1. The van der Waals surface area contributed by atoms with Gasteiger partial charge in [0.25, 0.3) is 15.9 Å². The molecule has 2 heterocycles. The minimum Gasteiger partial charge on any atom is -0.360 e. The predicted molar refractivity (Wildman–Crippen MR) is 125 cm³/mol. The van der Waals surface area contributed by atoms with Crippen LogP contribution in [0.2, 0.25) is 0 Å². The Kier molecular flexibility index (Phi) is 6.31. The lowest BCUT2D eigenvalue weighted by Crippen LogP contribution is -2.67. The van der Waals surface area contributed by atoms with Crippen molar-refractivity contribution in [2.75, 3.05) is 6.54 Å². The SMILES string of the molecule is Cc1noc(C)c1S(=O)(=O)NC(=O)C1(C)CCN1C(=O)CC(c1ccccc1)c1ccccc1. The molecule has 8 nitrogen and oxygen atoms in total. The van der Waals surface area contributed by atoms with Crippen LogP contribution in [-0.2, 0) is 19.6 Å². The predicted octanol–water partition coefficient (Wildman–Crippen LogP) is 3.31. The van der Waals surface area contributed by atoms with Gasteiger partial charge in [-0.2, -0.15) is 0 Å². The summed E-state index contributed by atoms with van der Waals surface area (Å²) in [7, 11) is -4.19. The van der Waals surface area contributed by atoms with Crippen LogP contribution in [0.3, 0.4) is 0 Å². The second kappa shape index (κ2) is 9.06. The topological polar surface area (TPSA) is 110 Å². The van der Waals surface area contributed by atoms with E-state index in [2.05, 4.69) is 9.88 Å². The Morgan fingerprint density at radius 2 is 1.62 bits per heavy atom. The number of aryl methyl sites for hydroxylation is 2. The number of nitrogens with one attached hydrogen (secondary N) is 1. The molecule has 2 aromatic carbocycles. The number of sulfonamides is 1. The van der Waals surface area contributed by atoms with Crippen LogP contribution in [0.5, 0.6) is 0 Å². The Balaban J connectivity index is 1.54. The summed E-state index contributed by atoms with van der Waals surface area (Å²) in [5.74, 6) is -1.05. The van der Waals surface area contributed by atoms with Gasteiger partial charge in [-0.3, -0.25) is 9.59 Å². The lowest BCUT2D eigenvalue weighted by Gasteiger charge is -2.49. The zero-order valence-electron chi connectivity index (χ0n) is 19.3. The van der Waals surface area contributed by atoms with Gasteiger partial charge in [0.15, 0.2) is 10.7 Å². The molecule has 0 saturated carbocycles. The summed E-state index contributed by atoms with van der Waals surface area (Å²) in [6, 6.07) is 19.5. The highest BCUT2D eigenvalue weighted by Gasteiger charge is 2.51. The van der Waals surface area contributed by atoms with Gasteiger partial charge in [-0.1, -0.05) is 65.8 Å². The number of aromatic nitrogens is 1. The van der Waals surface area contributed by atoms with Crippen molar-refractivity contribution in [3.63, 3.8) is 0 Å². The molecule has 4 rings (SSSR count). The Labute approximate surface area is 199 Å². The summed E-state index contributed by atoms with van der Waals surface area (Å²) >= 11 is 0. The van der Waals surface area contributed by atoms with Crippen molar-refractivity contribution in [2.24, 2.45) is 0 Å². The first-order valence-corrected chi connectivity index (χ1v) is 12.5. The lowest BCUT2D eigenvalue weighted by molar-refractivity contribution is -0.156. The number of nitrogens with zero attached hydrogens (tertiary/aromatic N) is 2. The molecular weight excluding hydrogens is 454 g/mol. The number of hydrogen-bond acceptors (Lipinski definition) is 6. The van der Waals surface area contributed by atoms with E-state index < -0.39 is 21.5 Å². The average molecular weight is 482 g/mol. The van der Waals surface area contributed by atoms with Crippen LogP contribution >= 0.6 is 0 Å². The van der Waals surface area contributed by atoms with E-state index in [1.807, 2.05) is 60.7 Å². The highest BCUT2D eigenvalue weighted by Crippen LogP contribution is 2.35. The number of carbonyl (C=O) groups is 2. The Bertz CT molecular complexity index is 1250. The van der Waals surface area contributed by atoms with E-state index in [4.69, 9.17) is 4.52 Å². The van der Waals surface area contributed by atoms with Gasteiger partial charge in [0, 0.05) is 18.9 Å². The van der Waals surface area contributed by atoms with Crippen LogP contribution < -0.4 is 4.72 Å². The zero-order valence-corrected chi connectivity index (χ0v) is 20.1. The van der Waals surface area contributed by atoms with Crippen molar-refractivity contribution in [3.05, 3.63) is 83.2 Å². The summed E-state index contributed by atoms with van der Waals surface area (Å²) in [4.78, 5) is 27.8. The molecule has 178 valence electrons. The minimum absolute atomic E-state index is 0.0954. The van der Waals surface area contributed by atoms with E-state index in [1.54, 1.807) is 6.92 Å². The van der Waals surface area contributed by atoms with Crippen molar-refractivity contribution in [1.29, 1.82) is 0 Å². The van der Waals surface area contributed by atoms with Gasteiger partial charge in [-0.25, -0.2) is 13.1 Å². The average Bonchev–Trinajstić information content (AvgIpc) is 3.15. The molecule has 34 heavy (non-hydrogen) atoms. The maximum atomic E-state index is 13.4. The molecule has 0 radical (unpaired) electrons. The van der Waals surface area contributed by atoms with Crippen molar-refractivity contribution in [1.82, 2.24) is 14.8 Å². The van der Waals surface area contributed by atoms with Gasteiger partial charge in [-0.15, -0.1) is 0 Å². The van der Waals surface area contributed by atoms with Crippen LogP contribution in [0.25, 0.3) is 0 Å². The van der Waals surface area contributed by atoms with E-state index >= 15 is 0 Å². The van der Waals surface area contributed by atoms with Crippen molar-refractivity contribution in [3.8, 4) is 0 Å². The molecule has 0 spiro atoms. The molecule has 1 saturated heterocycles. The zero-order chi connectivity index (χ0) is 24.5. The molecule has 1 unspecified atom stereocenters. The third-order valence-electron chi connectivity index (χ3n) is 6.45. The normalized spacial score (nSPS) is 17.9. The van der Waals surface area contributed by atoms with E-state index in [0.29, 0.717) is 13.0 Å². The molecule has 1 aliphatic heterocycles. The summed E-state index contributed by atoms with van der Waals surface area (Å²) in [6.45, 7) is 4.92. The number of carbonyl (C=O) groups excluding carboxylic acids is 2. The van der Waals surface area contributed by atoms with Crippen LogP contribution in [0.1, 0.15) is 48.3 Å². The maximum absolute atomic E-state index is 13.4. The maximum Gasteiger partial charge on any atom is 0.269 e.